The summed E-state index contributed by atoms with van der Waals surface area (Å²) in [6, 6.07) is 10.6. The third-order valence-corrected chi connectivity index (χ3v) is 3.53. The number of amides is 1. The number of nitrogens with zero attached hydrogens (tertiary/aromatic N) is 2. The zero-order valence-corrected chi connectivity index (χ0v) is 14.4. The van der Waals surface area contributed by atoms with Gasteiger partial charge in [-0.2, -0.15) is 9.78 Å². The molecule has 0 aliphatic carbocycles. The summed E-state index contributed by atoms with van der Waals surface area (Å²) in [6.45, 7) is 3.88. The SMILES string of the molecule is COC(=O)C(CC(C)C)NC(=O)c1ccc(=O)n(-c2ccccc2)n1. The zero-order valence-electron chi connectivity index (χ0n) is 14.4. The molecule has 0 aliphatic heterocycles. The highest BCUT2D eigenvalue weighted by Gasteiger charge is 2.24. The predicted molar refractivity (Wildman–Crippen MR) is 92.6 cm³/mol. The number of esters is 1. The highest BCUT2D eigenvalue weighted by molar-refractivity contribution is 5.95. The third kappa shape index (κ3) is 4.76. The van der Waals surface area contributed by atoms with E-state index in [1.54, 1.807) is 24.3 Å². The Morgan fingerprint density at radius 2 is 1.84 bits per heavy atom. The molecule has 1 unspecified atom stereocenters. The molecule has 1 N–H and O–H groups in total. The van der Waals surface area contributed by atoms with Gasteiger partial charge >= 0.3 is 5.97 Å². The van der Waals surface area contributed by atoms with E-state index < -0.39 is 17.9 Å². The van der Waals surface area contributed by atoms with Crippen LogP contribution in [0.2, 0.25) is 0 Å². The molecule has 1 amide bonds. The van der Waals surface area contributed by atoms with Crippen LogP contribution in [0.3, 0.4) is 0 Å². The molecule has 132 valence electrons. The smallest absolute Gasteiger partial charge is 0.328 e. The van der Waals surface area contributed by atoms with E-state index in [0.29, 0.717) is 12.1 Å². The van der Waals surface area contributed by atoms with E-state index in [4.69, 9.17) is 4.74 Å². The van der Waals surface area contributed by atoms with Crippen LogP contribution in [0.5, 0.6) is 0 Å². The zero-order chi connectivity index (χ0) is 18.4. The van der Waals surface area contributed by atoms with Crippen LogP contribution in [-0.2, 0) is 9.53 Å². The Labute approximate surface area is 145 Å². The Morgan fingerprint density at radius 3 is 2.44 bits per heavy atom. The Balaban J connectivity index is 2.27. The molecule has 7 heteroatoms. The highest BCUT2D eigenvalue weighted by Crippen LogP contribution is 2.08. The van der Waals surface area contributed by atoms with Gasteiger partial charge in [-0.15, -0.1) is 0 Å². The standard InChI is InChI=1S/C18H21N3O4/c1-12(2)11-15(18(24)25-3)19-17(23)14-9-10-16(22)21(20-14)13-7-5-4-6-8-13/h4-10,12,15H,11H2,1-3H3,(H,19,23). The van der Waals surface area contributed by atoms with E-state index in [1.165, 1.54) is 19.2 Å². The largest absolute Gasteiger partial charge is 0.467 e. The molecule has 0 aliphatic rings. The van der Waals surface area contributed by atoms with Gasteiger partial charge in [-0.05, 0) is 30.5 Å². The van der Waals surface area contributed by atoms with Gasteiger partial charge in [-0.1, -0.05) is 32.0 Å². The molecule has 1 aromatic carbocycles. The Bertz CT molecular complexity index is 799. The summed E-state index contributed by atoms with van der Waals surface area (Å²) in [5.41, 5.74) is 0.240. The average Bonchev–Trinajstić information content (AvgIpc) is 2.61. The molecule has 0 bridgehead atoms. The number of benzene rings is 1. The van der Waals surface area contributed by atoms with Crippen LogP contribution in [0.1, 0.15) is 30.8 Å². The van der Waals surface area contributed by atoms with Crippen LogP contribution < -0.4 is 10.9 Å². The molecule has 1 heterocycles. The predicted octanol–water partition coefficient (Wildman–Crippen LogP) is 1.55. The Morgan fingerprint density at radius 1 is 1.16 bits per heavy atom. The van der Waals surface area contributed by atoms with Crippen molar-refractivity contribution in [2.75, 3.05) is 7.11 Å². The van der Waals surface area contributed by atoms with E-state index >= 15 is 0 Å². The first-order valence-electron chi connectivity index (χ1n) is 7.97. The number of aromatic nitrogens is 2. The van der Waals surface area contributed by atoms with Crippen molar-refractivity contribution >= 4 is 11.9 Å². The number of hydrogen-bond acceptors (Lipinski definition) is 5. The first-order valence-corrected chi connectivity index (χ1v) is 7.97. The Hall–Kier alpha value is -2.96. The van der Waals surface area contributed by atoms with Crippen molar-refractivity contribution in [1.29, 1.82) is 0 Å². The van der Waals surface area contributed by atoms with Crippen LogP contribution in [-0.4, -0.2) is 34.8 Å². The number of rotatable bonds is 6. The van der Waals surface area contributed by atoms with E-state index in [0.717, 1.165) is 4.68 Å². The van der Waals surface area contributed by atoms with Gasteiger partial charge in [0.25, 0.3) is 11.5 Å². The van der Waals surface area contributed by atoms with E-state index in [9.17, 15) is 14.4 Å². The lowest BCUT2D eigenvalue weighted by Crippen LogP contribution is -2.43. The van der Waals surface area contributed by atoms with Crippen molar-refractivity contribution in [2.45, 2.75) is 26.3 Å². The van der Waals surface area contributed by atoms with Gasteiger partial charge in [-0.25, -0.2) is 4.79 Å². The Kier molecular flexibility index (Phi) is 6.05. The number of hydrogen-bond donors (Lipinski definition) is 1. The fourth-order valence-corrected chi connectivity index (χ4v) is 2.35. The van der Waals surface area contributed by atoms with E-state index in [-0.39, 0.29) is 17.2 Å². The fourth-order valence-electron chi connectivity index (χ4n) is 2.35. The summed E-state index contributed by atoms with van der Waals surface area (Å²) in [6.07, 6.45) is 0.441. The molecule has 7 nitrogen and oxygen atoms in total. The fraction of sp³-hybridized carbons (Fsp3) is 0.333. The summed E-state index contributed by atoms with van der Waals surface area (Å²) in [7, 11) is 1.27. The van der Waals surface area contributed by atoms with Gasteiger partial charge < -0.3 is 10.1 Å². The maximum absolute atomic E-state index is 12.5. The highest BCUT2D eigenvalue weighted by atomic mass is 16.5. The lowest BCUT2D eigenvalue weighted by Gasteiger charge is -2.18. The van der Waals surface area contributed by atoms with Crippen molar-refractivity contribution in [3.63, 3.8) is 0 Å². The first-order chi connectivity index (χ1) is 11.9. The molecule has 0 spiro atoms. The minimum absolute atomic E-state index is 0.0427. The van der Waals surface area contributed by atoms with Crippen molar-refractivity contribution in [1.82, 2.24) is 15.1 Å². The molecule has 1 aromatic heterocycles. The van der Waals surface area contributed by atoms with Gasteiger partial charge in [-0.3, -0.25) is 9.59 Å². The second-order valence-corrected chi connectivity index (χ2v) is 5.98. The molecule has 0 saturated heterocycles. The number of methoxy groups -OCH3 is 1. The summed E-state index contributed by atoms with van der Waals surface area (Å²) in [5.74, 6) is -0.866. The summed E-state index contributed by atoms with van der Waals surface area (Å²) < 4.78 is 5.88. The summed E-state index contributed by atoms with van der Waals surface area (Å²) in [4.78, 5) is 36.3. The molecule has 1 atom stereocenters. The second kappa shape index (κ2) is 8.23. The minimum atomic E-state index is -0.767. The molecule has 0 fully saturated rings. The number of carbonyl (C=O) groups excluding carboxylic acids is 2. The molecule has 2 rings (SSSR count). The third-order valence-electron chi connectivity index (χ3n) is 3.53. The molecule has 25 heavy (non-hydrogen) atoms. The second-order valence-electron chi connectivity index (χ2n) is 5.98. The molecular weight excluding hydrogens is 322 g/mol. The molecule has 2 aromatic rings. The van der Waals surface area contributed by atoms with Crippen LogP contribution in [0.4, 0.5) is 0 Å². The van der Waals surface area contributed by atoms with Gasteiger partial charge in [0, 0.05) is 6.07 Å². The van der Waals surface area contributed by atoms with Crippen molar-refractivity contribution < 1.29 is 14.3 Å². The molecular formula is C18H21N3O4. The molecule has 0 radical (unpaired) electrons. The lowest BCUT2D eigenvalue weighted by atomic mass is 10.0. The van der Waals surface area contributed by atoms with Gasteiger partial charge in [0.05, 0.1) is 12.8 Å². The number of carbonyl (C=O) groups is 2. The van der Waals surface area contributed by atoms with E-state index in [2.05, 4.69) is 10.4 Å². The maximum Gasteiger partial charge on any atom is 0.328 e. The quantitative estimate of drug-likeness (QED) is 0.804. The van der Waals surface area contributed by atoms with Crippen LogP contribution in [0.25, 0.3) is 5.69 Å². The first kappa shape index (κ1) is 18.4. The normalized spacial score (nSPS) is 11.8. The van der Waals surface area contributed by atoms with Crippen LogP contribution in [0.15, 0.2) is 47.3 Å². The average molecular weight is 343 g/mol. The van der Waals surface area contributed by atoms with Crippen LogP contribution in [0, 0.1) is 5.92 Å². The van der Waals surface area contributed by atoms with E-state index in [1.807, 2.05) is 19.9 Å². The maximum atomic E-state index is 12.5. The van der Waals surface area contributed by atoms with Crippen molar-refractivity contribution in [3.8, 4) is 5.69 Å². The topological polar surface area (TPSA) is 90.3 Å². The van der Waals surface area contributed by atoms with Crippen LogP contribution >= 0.6 is 0 Å². The molecule has 0 saturated carbocycles. The van der Waals surface area contributed by atoms with Gasteiger partial charge in [0.2, 0.25) is 0 Å². The summed E-state index contributed by atoms with van der Waals surface area (Å²) in [5, 5.41) is 6.72. The van der Waals surface area contributed by atoms with Crippen molar-refractivity contribution in [3.05, 3.63) is 58.5 Å². The van der Waals surface area contributed by atoms with Gasteiger partial charge in [0.1, 0.15) is 11.7 Å². The number of nitrogens with one attached hydrogen (secondary N) is 1. The lowest BCUT2D eigenvalue weighted by molar-refractivity contribution is -0.143. The minimum Gasteiger partial charge on any atom is -0.467 e. The monoisotopic (exact) mass is 343 g/mol. The number of ether oxygens (including phenoxy) is 1. The van der Waals surface area contributed by atoms with Gasteiger partial charge in [0.15, 0.2) is 0 Å². The summed E-state index contributed by atoms with van der Waals surface area (Å²) >= 11 is 0. The van der Waals surface area contributed by atoms with Crippen molar-refractivity contribution in [2.24, 2.45) is 5.92 Å². The number of para-hydroxylation sites is 1.